The average Bonchev–Trinajstić information content (AvgIpc) is 3.37. The molecule has 31 heavy (non-hydrogen) atoms. The molecule has 0 spiro atoms. The number of rotatable bonds is 10. The molecule has 0 atom stereocenters. The number of amides is 1. The van der Waals surface area contributed by atoms with Gasteiger partial charge in [-0.3, -0.25) is 19.8 Å². The quantitative estimate of drug-likeness (QED) is 0.248. The van der Waals surface area contributed by atoms with Gasteiger partial charge in [-0.2, -0.15) is 0 Å². The molecule has 0 saturated heterocycles. The summed E-state index contributed by atoms with van der Waals surface area (Å²) in [5.74, 6) is 0.483. The number of thiophene rings is 1. The van der Waals surface area contributed by atoms with Crippen LogP contribution in [0.15, 0.2) is 36.4 Å². The Morgan fingerprint density at radius 2 is 2.03 bits per heavy atom. The second-order valence-corrected chi connectivity index (χ2v) is 9.05. The predicted octanol–water partition coefficient (Wildman–Crippen LogP) is 4.66. The molecule has 0 bridgehead atoms. The molecule has 2 aromatic heterocycles. The van der Waals surface area contributed by atoms with E-state index in [1.807, 2.05) is 39.2 Å². The SMILES string of the molecule is CCOc1cccc2sc(N(CCCN(C)C)C(=O)C=Cc3ccc([N+](=O)[O-])s3)nc12. The first-order valence-corrected chi connectivity index (χ1v) is 11.4. The summed E-state index contributed by atoms with van der Waals surface area (Å²) >= 11 is 2.47. The number of nitrogens with zero attached hydrogens (tertiary/aromatic N) is 4. The third-order valence-electron chi connectivity index (χ3n) is 4.34. The van der Waals surface area contributed by atoms with Crippen LogP contribution in [0, 0.1) is 10.1 Å². The van der Waals surface area contributed by atoms with Gasteiger partial charge in [-0.1, -0.05) is 28.7 Å². The van der Waals surface area contributed by atoms with Gasteiger partial charge in [0.15, 0.2) is 5.13 Å². The van der Waals surface area contributed by atoms with Crippen molar-refractivity contribution in [2.75, 3.05) is 38.7 Å². The molecule has 164 valence electrons. The summed E-state index contributed by atoms with van der Waals surface area (Å²) in [7, 11) is 3.98. The van der Waals surface area contributed by atoms with Crippen LogP contribution in [0.5, 0.6) is 5.75 Å². The summed E-state index contributed by atoms with van der Waals surface area (Å²) in [5, 5.41) is 11.5. The summed E-state index contributed by atoms with van der Waals surface area (Å²) in [6, 6.07) is 8.82. The first-order chi connectivity index (χ1) is 14.9. The van der Waals surface area contributed by atoms with Gasteiger partial charge < -0.3 is 9.64 Å². The number of fused-ring (bicyclic) bond motifs is 1. The number of hydrogen-bond acceptors (Lipinski definition) is 8. The molecular weight excluding hydrogens is 436 g/mol. The lowest BCUT2D eigenvalue weighted by Gasteiger charge is -2.19. The van der Waals surface area contributed by atoms with E-state index in [1.54, 1.807) is 17.0 Å². The second kappa shape index (κ2) is 10.5. The number of nitro groups is 1. The maximum absolute atomic E-state index is 13.1. The van der Waals surface area contributed by atoms with Crippen LogP contribution in [-0.4, -0.2) is 54.5 Å². The molecule has 10 heteroatoms. The number of aromatic nitrogens is 1. The number of carbonyl (C=O) groups excluding carboxylic acids is 1. The molecule has 0 saturated carbocycles. The maximum Gasteiger partial charge on any atom is 0.324 e. The van der Waals surface area contributed by atoms with Gasteiger partial charge in [0.1, 0.15) is 11.3 Å². The number of anilines is 1. The number of carbonyl (C=O) groups is 1. The number of thiazole rings is 1. The highest BCUT2D eigenvalue weighted by Gasteiger charge is 2.19. The van der Waals surface area contributed by atoms with E-state index < -0.39 is 4.92 Å². The van der Waals surface area contributed by atoms with Crippen molar-refractivity contribution in [1.82, 2.24) is 9.88 Å². The van der Waals surface area contributed by atoms with Crippen LogP contribution in [0.2, 0.25) is 0 Å². The van der Waals surface area contributed by atoms with Crippen molar-refractivity contribution in [2.45, 2.75) is 13.3 Å². The van der Waals surface area contributed by atoms with Crippen LogP contribution in [0.4, 0.5) is 10.1 Å². The molecule has 3 rings (SSSR count). The van der Waals surface area contributed by atoms with Crippen molar-refractivity contribution < 1.29 is 14.5 Å². The molecule has 0 unspecified atom stereocenters. The second-order valence-electron chi connectivity index (χ2n) is 6.95. The van der Waals surface area contributed by atoms with Gasteiger partial charge in [0.25, 0.3) is 5.91 Å². The van der Waals surface area contributed by atoms with Gasteiger partial charge in [0.05, 0.1) is 16.2 Å². The summed E-state index contributed by atoms with van der Waals surface area (Å²) in [4.78, 5) is 32.6. The van der Waals surface area contributed by atoms with E-state index in [1.165, 1.54) is 23.5 Å². The molecule has 8 nitrogen and oxygen atoms in total. The van der Waals surface area contributed by atoms with Crippen LogP contribution in [0.3, 0.4) is 0 Å². The van der Waals surface area contributed by atoms with E-state index >= 15 is 0 Å². The Morgan fingerprint density at radius 1 is 1.23 bits per heavy atom. The van der Waals surface area contributed by atoms with E-state index in [2.05, 4.69) is 4.90 Å². The molecule has 3 aromatic rings. The highest BCUT2D eigenvalue weighted by atomic mass is 32.1. The fourth-order valence-electron chi connectivity index (χ4n) is 2.92. The van der Waals surface area contributed by atoms with Crippen molar-refractivity contribution in [3.63, 3.8) is 0 Å². The van der Waals surface area contributed by atoms with Crippen LogP contribution in [0.1, 0.15) is 18.2 Å². The standard InChI is InChI=1S/C21H24N4O4S2/c1-4-29-16-7-5-8-17-20(16)22-21(31-17)24(14-6-13-23(2)3)18(26)11-9-15-10-12-19(30-15)25(27)28/h5,7-12H,4,6,13-14H2,1-3H3. The van der Waals surface area contributed by atoms with Crippen molar-refractivity contribution in [3.05, 3.63) is 51.4 Å². The van der Waals surface area contributed by atoms with E-state index in [0.29, 0.717) is 28.9 Å². The summed E-state index contributed by atoms with van der Waals surface area (Å²) < 4.78 is 6.63. The van der Waals surface area contributed by atoms with Gasteiger partial charge in [0.2, 0.25) is 0 Å². The minimum absolute atomic E-state index is 0.0459. The first kappa shape index (κ1) is 22.9. The summed E-state index contributed by atoms with van der Waals surface area (Å²) in [6.45, 7) is 3.80. The lowest BCUT2D eigenvalue weighted by Crippen LogP contribution is -2.32. The Hall–Kier alpha value is -2.82. The Kier molecular flexibility index (Phi) is 7.72. The lowest BCUT2D eigenvalue weighted by molar-refractivity contribution is -0.380. The topological polar surface area (TPSA) is 88.8 Å². The van der Waals surface area contributed by atoms with Crippen molar-refractivity contribution >= 4 is 55.0 Å². The summed E-state index contributed by atoms with van der Waals surface area (Å²) in [6.07, 6.45) is 3.84. The Labute approximate surface area is 188 Å². The maximum atomic E-state index is 13.1. The molecular formula is C21H24N4O4S2. The average molecular weight is 461 g/mol. The number of hydrogen-bond donors (Lipinski definition) is 0. The normalized spacial score (nSPS) is 11.5. The Bertz CT molecular complexity index is 1090. The summed E-state index contributed by atoms with van der Waals surface area (Å²) in [5.41, 5.74) is 0.743. The predicted molar refractivity (Wildman–Crippen MR) is 126 cm³/mol. The molecule has 0 aliphatic carbocycles. The van der Waals surface area contributed by atoms with Crippen molar-refractivity contribution in [1.29, 1.82) is 0 Å². The molecule has 0 radical (unpaired) electrons. The lowest BCUT2D eigenvalue weighted by atomic mass is 10.3. The van der Waals surface area contributed by atoms with Gasteiger partial charge in [-0.25, -0.2) is 4.98 Å². The number of ether oxygens (including phenoxy) is 1. The number of benzene rings is 1. The van der Waals surface area contributed by atoms with Crippen molar-refractivity contribution in [3.8, 4) is 5.75 Å². The molecule has 0 N–H and O–H groups in total. The van der Waals surface area contributed by atoms with E-state index in [9.17, 15) is 14.9 Å². The van der Waals surface area contributed by atoms with Gasteiger partial charge in [-0.15, -0.1) is 0 Å². The molecule has 1 aromatic carbocycles. The largest absolute Gasteiger partial charge is 0.492 e. The zero-order valence-electron chi connectivity index (χ0n) is 17.6. The smallest absolute Gasteiger partial charge is 0.324 e. The van der Waals surface area contributed by atoms with Crippen LogP contribution >= 0.6 is 22.7 Å². The Balaban J connectivity index is 1.87. The first-order valence-electron chi connectivity index (χ1n) is 9.80. The zero-order chi connectivity index (χ0) is 22.4. The Morgan fingerprint density at radius 3 is 2.71 bits per heavy atom. The molecule has 0 aliphatic heterocycles. The highest BCUT2D eigenvalue weighted by molar-refractivity contribution is 7.22. The fraction of sp³-hybridized carbons (Fsp3) is 0.333. The molecule has 1 amide bonds. The van der Waals surface area contributed by atoms with Crippen LogP contribution in [0.25, 0.3) is 16.3 Å². The molecule has 0 aliphatic rings. The van der Waals surface area contributed by atoms with Crippen LogP contribution in [-0.2, 0) is 4.79 Å². The van der Waals surface area contributed by atoms with E-state index in [0.717, 1.165) is 34.5 Å². The van der Waals surface area contributed by atoms with Crippen molar-refractivity contribution in [2.24, 2.45) is 0 Å². The highest BCUT2D eigenvalue weighted by Crippen LogP contribution is 2.34. The minimum atomic E-state index is -0.436. The van der Waals surface area contributed by atoms with E-state index in [4.69, 9.17) is 9.72 Å². The number of para-hydroxylation sites is 1. The van der Waals surface area contributed by atoms with Crippen LogP contribution < -0.4 is 9.64 Å². The zero-order valence-corrected chi connectivity index (χ0v) is 19.2. The van der Waals surface area contributed by atoms with Gasteiger partial charge in [-0.05, 0) is 58.3 Å². The monoisotopic (exact) mass is 460 g/mol. The minimum Gasteiger partial charge on any atom is -0.492 e. The fourth-order valence-corrected chi connectivity index (χ4v) is 4.66. The molecule has 0 fully saturated rings. The van der Waals surface area contributed by atoms with Gasteiger partial charge >= 0.3 is 5.00 Å². The third-order valence-corrected chi connectivity index (χ3v) is 6.38. The van der Waals surface area contributed by atoms with E-state index in [-0.39, 0.29) is 10.9 Å². The molecule has 2 heterocycles. The third kappa shape index (κ3) is 5.87. The van der Waals surface area contributed by atoms with Gasteiger partial charge in [0, 0.05) is 23.6 Å².